The molecule has 0 amide bonds. The van der Waals surface area contributed by atoms with Crippen LogP contribution in [-0.2, 0) is 6.42 Å². The fourth-order valence-corrected chi connectivity index (χ4v) is 7.03. The SMILES string of the molecule is C1=C(c2cc(-c3cc4nccnc4n3-c3ccnc4ncccc34)cc(-n3c4ccccc4c4ccccc43)c2)Cc2nccnc21. The summed E-state index contributed by atoms with van der Waals surface area (Å²) in [7, 11) is 0. The Bertz CT molecular complexity index is 2680. The van der Waals surface area contributed by atoms with Crippen molar-refractivity contribution in [1.82, 2.24) is 39.0 Å². The van der Waals surface area contributed by atoms with Crippen molar-refractivity contribution in [3.8, 4) is 22.6 Å². The number of hydrogen-bond acceptors (Lipinski definition) is 6. The number of rotatable bonds is 4. The van der Waals surface area contributed by atoms with Gasteiger partial charge in [-0.15, -0.1) is 0 Å². The number of allylic oxidation sites excluding steroid dienone is 1. The Kier molecular flexibility index (Phi) is 5.47. The molecule has 3 aromatic carbocycles. The van der Waals surface area contributed by atoms with Gasteiger partial charge >= 0.3 is 0 Å². The molecule has 220 valence electrons. The maximum atomic E-state index is 4.82. The van der Waals surface area contributed by atoms with Gasteiger partial charge < -0.3 is 4.57 Å². The minimum atomic E-state index is 0.676. The average Bonchev–Trinajstić information content (AvgIpc) is 3.83. The fourth-order valence-electron chi connectivity index (χ4n) is 7.03. The van der Waals surface area contributed by atoms with Crippen LogP contribution < -0.4 is 0 Å². The number of benzene rings is 3. The van der Waals surface area contributed by atoms with E-state index in [9.17, 15) is 0 Å². The first-order valence-electron chi connectivity index (χ1n) is 15.5. The number of para-hydroxylation sites is 2. The van der Waals surface area contributed by atoms with Gasteiger partial charge in [-0.3, -0.25) is 19.5 Å². The molecule has 6 aromatic heterocycles. The van der Waals surface area contributed by atoms with Crippen LogP contribution in [0.25, 0.3) is 78.3 Å². The molecular formula is C39H24N8. The highest BCUT2D eigenvalue weighted by Gasteiger charge is 2.22. The van der Waals surface area contributed by atoms with E-state index >= 15 is 0 Å². The summed E-state index contributed by atoms with van der Waals surface area (Å²) in [5.74, 6) is 0. The van der Waals surface area contributed by atoms with E-state index in [2.05, 4.69) is 114 Å². The third-order valence-electron chi connectivity index (χ3n) is 9.06. The van der Waals surface area contributed by atoms with Crippen LogP contribution >= 0.6 is 0 Å². The number of fused-ring (bicyclic) bond motifs is 6. The molecule has 0 saturated heterocycles. The molecule has 8 nitrogen and oxygen atoms in total. The van der Waals surface area contributed by atoms with E-state index in [-0.39, 0.29) is 0 Å². The van der Waals surface area contributed by atoms with Gasteiger partial charge in [0.25, 0.3) is 0 Å². The molecule has 0 bridgehead atoms. The quantitative estimate of drug-likeness (QED) is 0.202. The zero-order valence-electron chi connectivity index (χ0n) is 25.0. The van der Waals surface area contributed by atoms with Gasteiger partial charge in [-0.25, -0.2) is 15.0 Å². The summed E-state index contributed by atoms with van der Waals surface area (Å²) in [5.41, 5.74) is 12.8. The molecule has 0 fully saturated rings. The predicted octanol–water partition coefficient (Wildman–Crippen LogP) is 8.01. The molecule has 10 rings (SSSR count). The fraction of sp³-hybridized carbons (Fsp3) is 0.0256. The third kappa shape index (κ3) is 3.95. The molecule has 8 heteroatoms. The predicted molar refractivity (Wildman–Crippen MR) is 185 cm³/mol. The number of pyridine rings is 2. The topological polar surface area (TPSA) is 87.2 Å². The highest BCUT2D eigenvalue weighted by molar-refractivity contribution is 6.09. The second-order valence-corrected chi connectivity index (χ2v) is 11.7. The van der Waals surface area contributed by atoms with Crippen LogP contribution in [0.4, 0.5) is 0 Å². The lowest BCUT2D eigenvalue weighted by Gasteiger charge is -2.16. The van der Waals surface area contributed by atoms with Crippen molar-refractivity contribution in [3.05, 3.63) is 145 Å². The Morgan fingerprint density at radius 3 is 2.11 bits per heavy atom. The van der Waals surface area contributed by atoms with Crippen LogP contribution in [0.1, 0.15) is 17.0 Å². The van der Waals surface area contributed by atoms with E-state index < -0.39 is 0 Å². The second kappa shape index (κ2) is 9.98. The summed E-state index contributed by atoms with van der Waals surface area (Å²) in [6.07, 6.45) is 13.5. The van der Waals surface area contributed by atoms with Crippen LogP contribution in [0.15, 0.2) is 128 Å². The van der Waals surface area contributed by atoms with Crippen LogP contribution in [-0.4, -0.2) is 39.0 Å². The summed E-state index contributed by atoms with van der Waals surface area (Å²) < 4.78 is 4.55. The first-order valence-corrected chi connectivity index (χ1v) is 15.5. The first kappa shape index (κ1) is 25.8. The minimum Gasteiger partial charge on any atom is -0.309 e. The van der Waals surface area contributed by atoms with Crippen LogP contribution in [0, 0.1) is 0 Å². The van der Waals surface area contributed by atoms with Crippen LogP contribution in [0.5, 0.6) is 0 Å². The van der Waals surface area contributed by atoms with Gasteiger partial charge in [-0.05, 0) is 71.8 Å². The minimum absolute atomic E-state index is 0.676. The summed E-state index contributed by atoms with van der Waals surface area (Å²) in [6, 6.07) is 32.2. The molecule has 9 aromatic rings. The molecule has 0 spiro atoms. The van der Waals surface area contributed by atoms with Crippen molar-refractivity contribution in [2.45, 2.75) is 6.42 Å². The van der Waals surface area contributed by atoms with Crippen molar-refractivity contribution in [1.29, 1.82) is 0 Å². The molecule has 0 saturated carbocycles. The van der Waals surface area contributed by atoms with Crippen LogP contribution in [0.3, 0.4) is 0 Å². The monoisotopic (exact) mass is 604 g/mol. The average molecular weight is 605 g/mol. The Labute approximate surface area is 268 Å². The zero-order chi connectivity index (χ0) is 30.9. The highest BCUT2D eigenvalue weighted by Crippen LogP contribution is 2.39. The van der Waals surface area contributed by atoms with Crippen molar-refractivity contribution in [3.63, 3.8) is 0 Å². The molecule has 0 unspecified atom stereocenters. The molecule has 47 heavy (non-hydrogen) atoms. The Morgan fingerprint density at radius 2 is 1.26 bits per heavy atom. The summed E-state index contributed by atoms with van der Waals surface area (Å²) >= 11 is 0. The largest absolute Gasteiger partial charge is 0.309 e. The van der Waals surface area contributed by atoms with E-state index in [1.54, 1.807) is 37.2 Å². The Morgan fingerprint density at radius 1 is 0.532 bits per heavy atom. The van der Waals surface area contributed by atoms with E-state index in [1.165, 1.54) is 16.3 Å². The van der Waals surface area contributed by atoms with Gasteiger partial charge in [0.05, 0.1) is 33.8 Å². The number of aromatic nitrogens is 8. The number of hydrogen-bond donors (Lipinski definition) is 0. The molecule has 0 atom stereocenters. The van der Waals surface area contributed by atoms with E-state index in [0.717, 1.165) is 67.2 Å². The highest BCUT2D eigenvalue weighted by atomic mass is 15.1. The molecule has 0 N–H and O–H groups in total. The lowest BCUT2D eigenvalue weighted by atomic mass is 9.99. The van der Waals surface area contributed by atoms with Gasteiger partial charge in [0.2, 0.25) is 0 Å². The molecule has 0 aliphatic heterocycles. The lowest BCUT2D eigenvalue weighted by Crippen LogP contribution is -2.02. The standard InChI is InChI=1S/C39H24N8/c1-3-9-34-28(6-1)29-7-2-4-10-35(29)46(34)27-19-24(25-21-31-32(22-25)41-15-14-40-31)18-26(20-27)37-23-33-39(45-17-16-42-33)47(37)36-11-13-44-38-30(36)8-5-12-43-38/h1-21,23H,22H2. The molecule has 1 aliphatic carbocycles. The van der Waals surface area contributed by atoms with Gasteiger partial charge in [-0.2, -0.15) is 0 Å². The Hall–Kier alpha value is -6.54. The zero-order valence-corrected chi connectivity index (χ0v) is 25.0. The normalized spacial score (nSPS) is 12.7. The lowest BCUT2D eigenvalue weighted by molar-refractivity contribution is 1.07. The molecule has 1 aliphatic rings. The maximum Gasteiger partial charge on any atom is 0.163 e. The van der Waals surface area contributed by atoms with E-state index in [0.29, 0.717) is 12.1 Å². The third-order valence-corrected chi connectivity index (χ3v) is 9.06. The van der Waals surface area contributed by atoms with Gasteiger partial charge in [0.1, 0.15) is 5.52 Å². The summed E-state index contributed by atoms with van der Waals surface area (Å²) in [4.78, 5) is 27.9. The Balaban J connectivity index is 1.29. The van der Waals surface area contributed by atoms with Crippen molar-refractivity contribution < 1.29 is 0 Å². The van der Waals surface area contributed by atoms with Crippen LogP contribution in [0.2, 0.25) is 0 Å². The first-order chi connectivity index (χ1) is 23.3. The second-order valence-electron chi connectivity index (χ2n) is 11.7. The van der Waals surface area contributed by atoms with Crippen molar-refractivity contribution in [2.75, 3.05) is 0 Å². The molecular weight excluding hydrogens is 580 g/mol. The smallest absolute Gasteiger partial charge is 0.163 e. The summed E-state index contributed by atoms with van der Waals surface area (Å²) in [5, 5.41) is 3.37. The van der Waals surface area contributed by atoms with Crippen molar-refractivity contribution in [2.24, 2.45) is 0 Å². The van der Waals surface area contributed by atoms with E-state index in [1.807, 2.05) is 12.1 Å². The van der Waals surface area contributed by atoms with Crippen molar-refractivity contribution >= 4 is 55.7 Å². The van der Waals surface area contributed by atoms with E-state index in [4.69, 9.17) is 9.97 Å². The summed E-state index contributed by atoms with van der Waals surface area (Å²) in [6.45, 7) is 0. The van der Waals surface area contributed by atoms with Gasteiger partial charge in [-0.1, -0.05) is 36.4 Å². The maximum absolute atomic E-state index is 4.82. The van der Waals surface area contributed by atoms with Gasteiger partial charge in [0.15, 0.2) is 11.3 Å². The molecule has 0 radical (unpaired) electrons. The number of nitrogens with zero attached hydrogens (tertiary/aromatic N) is 8. The van der Waals surface area contributed by atoms with Gasteiger partial charge in [0, 0.05) is 71.0 Å². The molecule has 6 heterocycles.